The van der Waals surface area contributed by atoms with E-state index in [0.29, 0.717) is 11.4 Å². The van der Waals surface area contributed by atoms with Gasteiger partial charge in [0.25, 0.3) is 0 Å². The maximum Gasteiger partial charge on any atom is 0.573 e. The standard InChI is InChI=1S/C25H21F3N2O2/c1-24(2,31)20-6-4-3-5-19(20)17-10-13-21-22(15-17)30-23(29-21)14-9-16-7-11-18(12-8-16)32-25(26,27)28/h3-15,31H,1-2H3,(H,29,30). The second kappa shape index (κ2) is 8.16. The Balaban J connectivity index is 1.58. The Labute approximate surface area is 183 Å². The number of aromatic nitrogens is 2. The van der Waals surface area contributed by atoms with Gasteiger partial charge in [-0.3, -0.25) is 0 Å². The first kappa shape index (κ1) is 21.6. The van der Waals surface area contributed by atoms with Crippen molar-refractivity contribution in [1.29, 1.82) is 0 Å². The van der Waals surface area contributed by atoms with Crippen molar-refractivity contribution in [1.82, 2.24) is 9.97 Å². The summed E-state index contributed by atoms with van der Waals surface area (Å²) >= 11 is 0. The number of alkyl halides is 3. The van der Waals surface area contributed by atoms with Gasteiger partial charge >= 0.3 is 6.36 Å². The Bertz CT molecular complexity index is 1270. The average molecular weight is 438 g/mol. The fourth-order valence-corrected chi connectivity index (χ4v) is 3.50. The third kappa shape index (κ3) is 5.00. The number of hydrogen-bond acceptors (Lipinski definition) is 3. The van der Waals surface area contributed by atoms with Gasteiger partial charge in [-0.1, -0.05) is 48.5 Å². The molecule has 0 aliphatic rings. The lowest BCUT2D eigenvalue weighted by molar-refractivity contribution is -0.274. The van der Waals surface area contributed by atoms with E-state index < -0.39 is 12.0 Å². The van der Waals surface area contributed by atoms with Crippen LogP contribution in [0.5, 0.6) is 5.75 Å². The number of halogens is 3. The molecular formula is C25H21F3N2O2. The monoisotopic (exact) mass is 438 g/mol. The van der Waals surface area contributed by atoms with E-state index in [4.69, 9.17) is 0 Å². The van der Waals surface area contributed by atoms with Gasteiger partial charge in [0, 0.05) is 0 Å². The van der Waals surface area contributed by atoms with E-state index in [1.165, 1.54) is 24.3 Å². The summed E-state index contributed by atoms with van der Waals surface area (Å²) in [5.74, 6) is 0.348. The van der Waals surface area contributed by atoms with Gasteiger partial charge in [0.15, 0.2) is 0 Å². The quantitative estimate of drug-likeness (QED) is 0.373. The van der Waals surface area contributed by atoms with Crippen LogP contribution in [-0.2, 0) is 5.60 Å². The van der Waals surface area contributed by atoms with E-state index in [1.54, 1.807) is 26.0 Å². The van der Waals surface area contributed by atoms with Crippen molar-refractivity contribution in [3.8, 4) is 16.9 Å². The maximum absolute atomic E-state index is 12.3. The van der Waals surface area contributed by atoms with Gasteiger partial charge < -0.3 is 14.8 Å². The van der Waals surface area contributed by atoms with Crippen LogP contribution in [0.15, 0.2) is 66.7 Å². The summed E-state index contributed by atoms with van der Waals surface area (Å²) in [5, 5.41) is 10.5. The first-order valence-corrected chi connectivity index (χ1v) is 9.94. The summed E-state index contributed by atoms with van der Waals surface area (Å²) in [4.78, 5) is 7.80. The van der Waals surface area contributed by atoms with Crippen LogP contribution >= 0.6 is 0 Å². The van der Waals surface area contributed by atoms with Gasteiger partial charge in [-0.25, -0.2) is 4.98 Å². The molecule has 0 aliphatic carbocycles. The number of imidazole rings is 1. The summed E-state index contributed by atoms with van der Waals surface area (Å²) in [6, 6.07) is 19.1. The minimum atomic E-state index is -4.71. The van der Waals surface area contributed by atoms with Gasteiger partial charge in [0.05, 0.1) is 16.6 Å². The molecule has 0 saturated carbocycles. The van der Waals surface area contributed by atoms with Crippen molar-refractivity contribution in [2.45, 2.75) is 25.8 Å². The van der Waals surface area contributed by atoms with Crippen LogP contribution in [0.25, 0.3) is 34.3 Å². The molecule has 1 heterocycles. The summed E-state index contributed by atoms with van der Waals surface area (Å²) in [6.45, 7) is 3.51. The van der Waals surface area contributed by atoms with E-state index in [0.717, 1.165) is 27.7 Å². The average Bonchev–Trinajstić information content (AvgIpc) is 3.14. The highest BCUT2D eigenvalue weighted by molar-refractivity contribution is 5.84. The molecule has 0 radical (unpaired) electrons. The van der Waals surface area contributed by atoms with Crippen LogP contribution in [0, 0.1) is 0 Å². The maximum atomic E-state index is 12.3. The fourth-order valence-electron chi connectivity index (χ4n) is 3.50. The number of rotatable bonds is 5. The third-order valence-electron chi connectivity index (χ3n) is 4.95. The van der Waals surface area contributed by atoms with Gasteiger partial charge in [-0.15, -0.1) is 13.2 Å². The Hall–Kier alpha value is -3.58. The minimum absolute atomic E-state index is 0.266. The highest BCUT2D eigenvalue weighted by Gasteiger charge is 2.30. The second-order valence-electron chi connectivity index (χ2n) is 7.91. The number of benzene rings is 3. The molecular weight excluding hydrogens is 417 g/mol. The molecule has 0 spiro atoms. The van der Waals surface area contributed by atoms with Crippen molar-refractivity contribution in [2.75, 3.05) is 0 Å². The molecule has 0 fully saturated rings. The summed E-state index contributed by atoms with van der Waals surface area (Å²) in [6.07, 6.45) is -1.21. The number of nitrogens with one attached hydrogen (secondary N) is 1. The molecule has 4 nitrogen and oxygen atoms in total. The molecule has 164 valence electrons. The Morgan fingerprint density at radius 1 is 0.938 bits per heavy atom. The molecule has 0 bridgehead atoms. The summed E-state index contributed by atoms with van der Waals surface area (Å²) in [7, 11) is 0. The number of nitrogens with zero attached hydrogens (tertiary/aromatic N) is 1. The minimum Gasteiger partial charge on any atom is -0.406 e. The van der Waals surface area contributed by atoms with E-state index in [1.807, 2.05) is 42.5 Å². The Kier molecular flexibility index (Phi) is 5.52. The SMILES string of the molecule is CC(C)(O)c1ccccc1-c1ccc2[nH]c(C=Cc3ccc(OC(F)(F)F)cc3)nc2c1. The Morgan fingerprint density at radius 2 is 1.66 bits per heavy atom. The molecule has 0 amide bonds. The predicted octanol–water partition coefficient (Wildman–Crippen LogP) is 6.53. The summed E-state index contributed by atoms with van der Waals surface area (Å²) in [5.41, 5.74) is 4.05. The lowest BCUT2D eigenvalue weighted by atomic mass is 9.89. The number of H-pyrrole nitrogens is 1. The van der Waals surface area contributed by atoms with Gasteiger partial charge in [0.1, 0.15) is 11.6 Å². The number of aliphatic hydroxyl groups is 1. The van der Waals surface area contributed by atoms with Crippen LogP contribution in [0.1, 0.15) is 30.8 Å². The number of hydrogen-bond donors (Lipinski definition) is 2. The van der Waals surface area contributed by atoms with Crippen molar-refractivity contribution < 1.29 is 23.0 Å². The molecule has 3 aromatic carbocycles. The topological polar surface area (TPSA) is 58.1 Å². The summed E-state index contributed by atoms with van der Waals surface area (Å²) < 4.78 is 40.7. The van der Waals surface area contributed by atoms with Crippen LogP contribution in [0.2, 0.25) is 0 Å². The molecule has 1 aromatic heterocycles. The van der Waals surface area contributed by atoms with Crippen molar-refractivity contribution in [2.24, 2.45) is 0 Å². The lowest BCUT2D eigenvalue weighted by Gasteiger charge is -2.21. The fraction of sp³-hybridized carbons (Fsp3) is 0.160. The second-order valence-corrected chi connectivity index (χ2v) is 7.91. The lowest BCUT2D eigenvalue weighted by Crippen LogP contribution is -2.16. The molecule has 0 saturated heterocycles. The smallest absolute Gasteiger partial charge is 0.406 e. The highest BCUT2D eigenvalue weighted by Crippen LogP contribution is 2.33. The molecule has 4 rings (SSSR count). The zero-order valence-corrected chi connectivity index (χ0v) is 17.4. The Morgan fingerprint density at radius 3 is 2.34 bits per heavy atom. The first-order valence-electron chi connectivity index (χ1n) is 9.94. The first-order chi connectivity index (χ1) is 15.1. The van der Waals surface area contributed by atoms with E-state index in [-0.39, 0.29) is 5.75 Å². The third-order valence-corrected chi connectivity index (χ3v) is 4.95. The van der Waals surface area contributed by atoms with Crippen molar-refractivity contribution in [3.63, 3.8) is 0 Å². The van der Waals surface area contributed by atoms with Gasteiger partial charge in [-0.2, -0.15) is 0 Å². The van der Waals surface area contributed by atoms with Gasteiger partial charge in [0.2, 0.25) is 0 Å². The van der Waals surface area contributed by atoms with Crippen LogP contribution in [-0.4, -0.2) is 21.4 Å². The molecule has 7 heteroatoms. The largest absolute Gasteiger partial charge is 0.573 e. The highest BCUT2D eigenvalue weighted by atomic mass is 19.4. The molecule has 2 N–H and O–H groups in total. The molecule has 4 aromatic rings. The normalized spacial score (nSPS) is 12.6. The van der Waals surface area contributed by atoms with Crippen LogP contribution in [0.3, 0.4) is 0 Å². The number of ether oxygens (including phenoxy) is 1. The van der Waals surface area contributed by atoms with Gasteiger partial charge in [-0.05, 0) is 66.4 Å². The van der Waals surface area contributed by atoms with Crippen LogP contribution < -0.4 is 4.74 Å². The number of fused-ring (bicyclic) bond motifs is 1. The molecule has 0 aliphatic heterocycles. The van der Waals surface area contributed by atoms with Crippen LogP contribution in [0.4, 0.5) is 13.2 Å². The molecule has 0 unspecified atom stereocenters. The zero-order valence-electron chi connectivity index (χ0n) is 17.4. The van der Waals surface area contributed by atoms with E-state index in [2.05, 4.69) is 14.7 Å². The van der Waals surface area contributed by atoms with Crippen molar-refractivity contribution in [3.05, 3.63) is 83.7 Å². The van der Waals surface area contributed by atoms with E-state index in [9.17, 15) is 18.3 Å². The molecule has 32 heavy (non-hydrogen) atoms. The van der Waals surface area contributed by atoms with Crippen molar-refractivity contribution >= 4 is 23.2 Å². The molecule has 0 atom stereocenters. The van der Waals surface area contributed by atoms with E-state index >= 15 is 0 Å². The number of aromatic amines is 1. The predicted molar refractivity (Wildman–Crippen MR) is 119 cm³/mol. The zero-order chi connectivity index (χ0) is 22.9.